The highest BCUT2D eigenvalue weighted by atomic mass is 16.2. The number of anilines is 1. The molecule has 2 fully saturated rings. The number of amides is 4. The maximum absolute atomic E-state index is 12.9. The summed E-state index contributed by atoms with van der Waals surface area (Å²) in [6.07, 6.45) is 0.862. The lowest BCUT2D eigenvalue weighted by molar-refractivity contribution is -0.147. The van der Waals surface area contributed by atoms with E-state index < -0.39 is 5.92 Å². The molecule has 8 heteroatoms. The van der Waals surface area contributed by atoms with Gasteiger partial charge in [0.05, 0.1) is 11.8 Å². The fraction of sp³-hybridized carbons (Fsp3) is 0.524. The molecule has 1 N–H and O–H groups in total. The third kappa shape index (κ3) is 3.83. The van der Waals surface area contributed by atoms with Gasteiger partial charge in [0.25, 0.3) is 0 Å². The Morgan fingerprint density at radius 3 is 2.45 bits per heavy atom. The number of likely N-dealkylation sites (tertiary alicyclic amines) is 1. The molecule has 1 aromatic carbocycles. The first-order chi connectivity index (χ1) is 13.9. The van der Waals surface area contributed by atoms with Crippen LogP contribution in [0.25, 0.3) is 0 Å². The first kappa shape index (κ1) is 19.4. The van der Waals surface area contributed by atoms with E-state index in [0.29, 0.717) is 45.7 Å². The van der Waals surface area contributed by atoms with Gasteiger partial charge in [0.1, 0.15) is 0 Å². The Bertz CT molecular complexity index is 849. The molecule has 154 valence electrons. The zero-order valence-electron chi connectivity index (χ0n) is 16.6. The zero-order valence-corrected chi connectivity index (χ0v) is 16.6. The Morgan fingerprint density at radius 2 is 1.69 bits per heavy atom. The smallest absolute Gasteiger partial charge is 0.232 e. The van der Waals surface area contributed by atoms with Gasteiger partial charge in [0.2, 0.25) is 23.6 Å². The first-order valence-corrected chi connectivity index (χ1v) is 10.2. The Morgan fingerprint density at radius 1 is 1.00 bits per heavy atom. The van der Waals surface area contributed by atoms with Crippen molar-refractivity contribution in [2.24, 2.45) is 5.92 Å². The van der Waals surface area contributed by atoms with Gasteiger partial charge in [-0.3, -0.25) is 19.2 Å². The van der Waals surface area contributed by atoms with Crippen molar-refractivity contribution >= 4 is 29.3 Å². The molecule has 0 aliphatic carbocycles. The largest absolute Gasteiger partial charge is 0.341 e. The quantitative estimate of drug-likeness (QED) is 0.810. The van der Waals surface area contributed by atoms with Crippen LogP contribution < -0.4 is 5.32 Å². The summed E-state index contributed by atoms with van der Waals surface area (Å²) >= 11 is 0. The minimum Gasteiger partial charge on any atom is -0.341 e. The molecular weight excluding hydrogens is 372 g/mol. The van der Waals surface area contributed by atoms with Crippen molar-refractivity contribution in [1.29, 1.82) is 0 Å². The molecule has 4 rings (SSSR count). The van der Waals surface area contributed by atoms with Crippen LogP contribution in [0.15, 0.2) is 24.3 Å². The fourth-order valence-corrected chi connectivity index (χ4v) is 4.32. The van der Waals surface area contributed by atoms with Gasteiger partial charge >= 0.3 is 0 Å². The normalized spacial score (nSPS) is 21.9. The third-order valence-electron chi connectivity index (χ3n) is 6.13. The topological polar surface area (TPSA) is 90.0 Å². The maximum Gasteiger partial charge on any atom is 0.232 e. The first-order valence-electron chi connectivity index (χ1n) is 10.2. The van der Waals surface area contributed by atoms with E-state index >= 15 is 0 Å². The lowest BCUT2D eigenvalue weighted by Gasteiger charge is -2.39. The van der Waals surface area contributed by atoms with E-state index in [1.54, 1.807) is 9.80 Å². The Hall–Kier alpha value is -2.90. The molecule has 0 aromatic heterocycles. The Labute approximate surface area is 169 Å². The summed E-state index contributed by atoms with van der Waals surface area (Å²) in [6.45, 7) is 4.67. The van der Waals surface area contributed by atoms with Gasteiger partial charge in [-0.1, -0.05) is 18.2 Å². The van der Waals surface area contributed by atoms with Crippen molar-refractivity contribution in [3.05, 3.63) is 29.8 Å². The fourth-order valence-electron chi connectivity index (χ4n) is 4.32. The van der Waals surface area contributed by atoms with E-state index in [1.165, 1.54) is 6.92 Å². The molecule has 0 saturated carbocycles. The Balaban J connectivity index is 1.32. The molecule has 1 unspecified atom stereocenters. The summed E-state index contributed by atoms with van der Waals surface area (Å²) in [6, 6.07) is 7.47. The van der Waals surface area contributed by atoms with Gasteiger partial charge in [-0.25, -0.2) is 0 Å². The van der Waals surface area contributed by atoms with Crippen molar-refractivity contribution in [2.45, 2.75) is 25.7 Å². The van der Waals surface area contributed by atoms with E-state index in [9.17, 15) is 19.2 Å². The van der Waals surface area contributed by atoms with E-state index in [4.69, 9.17) is 0 Å². The van der Waals surface area contributed by atoms with Crippen molar-refractivity contribution in [1.82, 2.24) is 14.7 Å². The molecule has 3 aliphatic heterocycles. The van der Waals surface area contributed by atoms with Crippen molar-refractivity contribution in [3.63, 3.8) is 0 Å². The maximum atomic E-state index is 12.9. The van der Waals surface area contributed by atoms with Crippen LogP contribution >= 0.6 is 0 Å². The van der Waals surface area contributed by atoms with Crippen LogP contribution in [0, 0.1) is 5.92 Å². The predicted molar refractivity (Wildman–Crippen MR) is 106 cm³/mol. The van der Waals surface area contributed by atoms with E-state index in [2.05, 4.69) is 5.32 Å². The molecule has 0 bridgehead atoms. The summed E-state index contributed by atoms with van der Waals surface area (Å²) in [4.78, 5) is 54.4. The zero-order chi connectivity index (χ0) is 20.5. The number of carbonyl (C=O) groups is 4. The number of rotatable bonds is 3. The van der Waals surface area contributed by atoms with Gasteiger partial charge in [-0.2, -0.15) is 0 Å². The van der Waals surface area contributed by atoms with Crippen LogP contribution in [0.4, 0.5) is 5.69 Å². The third-order valence-corrected chi connectivity index (χ3v) is 6.13. The summed E-state index contributed by atoms with van der Waals surface area (Å²) in [5, 5.41) is 2.84. The number of para-hydroxylation sites is 1. The average molecular weight is 398 g/mol. The van der Waals surface area contributed by atoms with Crippen LogP contribution in [0.2, 0.25) is 0 Å². The second-order valence-corrected chi connectivity index (χ2v) is 8.01. The minimum atomic E-state index is -0.452. The number of nitrogens with zero attached hydrogens (tertiary/aromatic N) is 3. The second-order valence-electron chi connectivity index (χ2n) is 8.01. The highest BCUT2D eigenvalue weighted by molar-refractivity contribution is 6.04. The lowest BCUT2D eigenvalue weighted by Crippen LogP contribution is -2.56. The summed E-state index contributed by atoms with van der Waals surface area (Å²) in [7, 11) is 0. The van der Waals surface area contributed by atoms with Gasteiger partial charge in [-0.15, -0.1) is 0 Å². The number of hydrogen-bond donors (Lipinski definition) is 1. The average Bonchev–Trinajstić information content (AvgIpc) is 2.82. The molecule has 0 spiro atoms. The Kier molecular flexibility index (Phi) is 5.25. The number of hydrogen-bond acceptors (Lipinski definition) is 4. The molecule has 8 nitrogen and oxygen atoms in total. The van der Waals surface area contributed by atoms with Crippen LogP contribution in [0.1, 0.15) is 31.2 Å². The van der Waals surface area contributed by atoms with Crippen LogP contribution in [-0.4, -0.2) is 77.6 Å². The van der Waals surface area contributed by atoms with Crippen LogP contribution in [0.5, 0.6) is 0 Å². The summed E-state index contributed by atoms with van der Waals surface area (Å²) < 4.78 is 0. The molecule has 4 amide bonds. The highest BCUT2D eigenvalue weighted by Crippen LogP contribution is 2.34. The molecule has 1 atom stereocenters. The number of nitrogens with one attached hydrogen (secondary N) is 1. The van der Waals surface area contributed by atoms with E-state index in [0.717, 1.165) is 11.3 Å². The molecule has 2 saturated heterocycles. The predicted octanol–water partition coefficient (Wildman–Crippen LogP) is 0.652. The summed E-state index contributed by atoms with van der Waals surface area (Å²) in [5.74, 6) is -0.694. The van der Waals surface area contributed by atoms with Gasteiger partial charge in [-0.05, 0) is 18.1 Å². The van der Waals surface area contributed by atoms with Gasteiger partial charge < -0.3 is 20.0 Å². The molecular formula is C21H26N4O4. The number of benzene rings is 1. The number of carbonyl (C=O) groups excluding carboxylic acids is 4. The summed E-state index contributed by atoms with van der Waals surface area (Å²) in [5.41, 5.74) is 1.65. The molecule has 29 heavy (non-hydrogen) atoms. The van der Waals surface area contributed by atoms with E-state index in [-0.39, 0.29) is 36.0 Å². The highest BCUT2D eigenvalue weighted by Gasteiger charge is 2.38. The monoisotopic (exact) mass is 398 g/mol. The lowest BCUT2D eigenvalue weighted by atomic mass is 9.96. The van der Waals surface area contributed by atoms with Crippen molar-refractivity contribution < 1.29 is 19.2 Å². The second kappa shape index (κ2) is 7.85. The van der Waals surface area contributed by atoms with Crippen molar-refractivity contribution in [2.75, 3.05) is 44.6 Å². The standard InChI is InChI=1S/C21H26N4O4/c1-14(26)25-12-15(13-25)21(29)24-8-4-7-23(9-10-24)19(27)11-17-16-5-2-3-6-18(16)22-20(17)28/h2-3,5-6,15,17H,4,7-13H2,1H3,(H,22,28). The number of fused-ring (bicyclic) bond motifs is 1. The molecule has 3 heterocycles. The van der Waals surface area contributed by atoms with Gasteiger partial charge in [0, 0.05) is 58.3 Å². The molecule has 1 aromatic rings. The van der Waals surface area contributed by atoms with Crippen molar-refractivity contribution in [3.8, 4) is 0 Å². The molecule has 3 aliphatic rings. The minimum absolute atomic E-state index is 0.000730. The van der Waals surface area contributed by atoms with E-state index in [1.807, 2.05) is 29.2 Å². The van der Waals surface area contributed by atoms with Crippen LogP contribution in [0.3, 0.4) is 0 Å². The van der Waals surface area contributed by atoms with Gasteiger partial charge in [0.15, 0.2) is 0 Å². The van der Waals surface area contributed by atoms with Crippen LogP contribution in [-0.2, 0) is 19.2 Å². The molecule has 0 radical (unpaired) electrons. The SMILES string of the molecule is CC(=O)N1CC(C(=O)N2CCCN(C(=O)CC3C(=O)Nc4ccccc43)CC2)C1.